The Morgan fingerprint density at radius 2 is 1.39 bits per heavy atom. The van der Waals surface area contributed by atoms with Gasteiger partial charge in [0.1, 0.15) is 78.7 Å². The number of carboxylic acid groups (broad SMARTS) is 1. The zero-order valence-corrected chi connectivity index (χ0v) is 47.6. The summed E-state index contributed by atoms with van der Waals surface area (Å²) in [6.07, 6.45) is -13.4. The maximum Gasteiger partial charge on any atom is 0.331 e. The maximum absolute atomic E-state index is 14.1. The van der Waals surface area contributed by atoms with Crippen molar-refractivity contribution in [1.29, 1.82) is 0 Å². The fourth-order valence-electron chi connectivity index (χ4n) is 16.2. The molecular formula is C58H90O22. The molecular weight excluding hydrogens is 1050 g/mol. The van der Waals surface area contributed by atoms with Crippen molar-refractivity contribution < 1.29 is 108 Å². The highest BCUT2D eigenvalue weighted by atomic mass is 16.8. The van der Waals surface area contributed by atoms with E-state index in [-0.39, 0.29) is 24.9 Å². The summed E-state index contributed by atoms with van der Waals surface area (Å²) >= 11 is 0. The van der Waals surface area contributed by atoms with Crippen LogP contribution in [-0.2, 0) is 52.3 Å². The molecule has 22 nitrogen and oxygen atoms in total. The summed E-state index contributed by atoms with van der Waals surface area (Å²) in [5, 5.41) is 120. The van der Waals surface area contributed by atoms with E-state index in [0.717, 1.165) is 12.0 Å². The van der Waals surface area contributed by atoms with Gasteiger partial charge in [-0.1, -0.05) is 91.7 Å². The Morgan fingerprint density at radius 3 is 2.02 bits per heavy atom. The zero-order chi connectivity index (χ0) is 58.8. The van der Waals surface area contributed by atoms with Gasteiger partial charge in [-0.25, -0.2) is 4.79 Å². The molecule has 0 aromatic rings. The molecule has 3 aliphatic heterocycles. The van der Waals surface area contributed by atoms with Crippen molar-refractivity contribution in [3.8, 4) is 0 Å². The minimum atomic E-state index is -1.93. The SMILES string of the molecule is CCC(C)/C=C/C=C/C(=O)O[C@H]1[C@H](OC(C)=O)[C@]2(C(=O)O)CC[C@]3(C)C(=CC[C@@H]4[C@@]5(C)CC[C@H](O[C@@H]6O[C@H](CO)[C@@H](O[C@@H]7OC[C@H](O)[C@H](O)[C@H]7O)[C@H](O)[C@H]6O[C@@H]6O[C@H](CO)[C@@H](O)[C@H](O)[C@H]6O)[C@](C)(CO)[C@@H]5CC[C@]43C)[C@@H]2CC1(C)C. The van der Waals surface area contributed by atoms with Crippen LogP contribution in [0.4, 0.5) is 0 Å². The summed E-state index contributed by atoms with van der Waals surface area (Å²) in [6, 6.07) is 0. The molecule has 1 unspecified atom stereocenters. The Kier molecular flexibility index (Phi) is 18.8. The van der Waals surface area contributed by atoms with E-state index in [1.807, 2.05) is 26.8 Å². The van der Waals surface area contributed by atoms with Crippen LogP contribution in [0.3, 0.4) is 0 Å². The van der Waals surface area contributed by atoms with E-state index in [0.29, 0.717) is 50.9 Å². The second kappa shape index (κ2) is 23.8. The van der Waals surface area contributed by atoms with Gasteiger partial charge in [0, 0.05) is 29.7 Å². The Morgan fingerprint density at radius 1 is 0.725 bits per heavy atom. The van der Waals surface area contributed by atoms with Crippen LogP contribution in [0.1, 0.15) is 120 Å². The predicted octanol–water partition coefficient (Wildman–Crippen LogP) is 1.54. The molecule has 26 atom stereocenters. The average molecular weight is 1140 g/mol. The van der Waals surface area contributed by atoms with Gasteiger partial charge >= 0.3 is 17.9 Å². The van der Waals surface area contributed by atoms with E-state index in [2.05, 4.69) is 40.7 Å². The van der Waals surface area contributed by atoms with Crippen molar-refractivity contribution in [2.75, 3.05) is 26.4 Å². The number of carboxylic acids is 1. The molecule has 4 saturated carbocycles. The fourth-order valence-corrected chi connectivity index (χ4v) is 16.2. The third-order valence-electron chi connectivity index (χ3n) is 21.3. The molecule has 0 bridgehead atoms. The molecule has 8 aliphatic rings. The van der Waals surface area contributed by atoms with Crippen LogP contribution < -0.4 is 0 Å². The molecule has 3 saturated heterocycles. The highest BCUT2D eigenvalue weighted by molar-refractivity contribution is 5.83. The van der Waals surface area contributed by atoms with Crippen molar-refractivity contribution in [2.45, 2.75) is 224 Å². The highest BCUT2D eigenvalue weighted by Gasteiger charge is 2.74. The first-order valence-corrected chi connectivity index (χ1v) is 28.7. The minimum Gasteiger partial charge on any atom is -0.481 e. The molecule has 0 amide bonds. The number of hydrogen-bond acceptors (Lipinski definition) is 21. The second-order valence-corrected chi connectivity index (χ2v) is 26.1. The molecule has 0 radical (unpaired) electrons. The number of carbonyl (C=O) groups excluding carboxylic acids is 2. The number of aliphatic hydroxyl groups excluding tert-OH is 10. The standard InChI is InChI=1S/C58H90O22/c1-10-28(2)13-11-12-14-38(64)78-47-48(74-29(3)62)58(52(71)72)22-21-56(8)30(31(58)23-53(47,4)5)15-16-36-54(6)19-18-37(55(7,27-61)35(54)17-20-57(36,56)9)77-51-46(80-50-43(69)41(67)40(66)33(24-59)75-50)44(70)45(34(25-60)76-51)79-49-42(68)39(65)32(63)26-73-49/h11-15,28,31-37,39-51,59-61,63,65-70H,10,16-27H2,1-9H3,(H,71,72)/b13-11+,14-12+/t28?,31-,32-,33+,34+,35+,36+,37-,39-,40+,41-,42+,43+,44-,45+,46+,47-,48-,49-,50-,51-,54-,55+,56+,57+,58-/m0/s1. The number of hydrogen-bond donors (Lipinski definition) is 11. The number of aliphatic carboxylic acids is 1. The van der Waals surface area contributed by atoms with E-state index >= 15 is 0 Å². The Labute approximate surface area is 468 Å². The first-order chi connectivity index (χ1) is 37.5. The number of esters is 2. The van der Waals surface area contributed by atoms with Crippen LogP contribution in [0.5, 0.6) is 0 Å². The van der Waals surface area contributed by atoms with Gasteiger partial charge < -0.3 is 94.1 Å². The Bertz CT molecular complexity index is 2310. The number of allylic oxidation sites excluding steroid dienone is 5. The maximum atomic E-state index is 14.1. The van der Waals surface area contributed by atoms with Gasteiger partial charge in [0.2, 0.25) is 0 Å². The molecule has 80 heavy (non-hydrogen) atoms. The molecule has 7 fully saturated rings. The minimum absolute atomic E-state index is 0.00561. The lowest BCUT2D eigenvalue weighted by Gasteiger charge is -2.71. The Hall–Kier alpha value is -3.01. The fraction of sp³-hybridized carbons (Fsp3) is 0.845. The normalized spacial score (nSPS) is 48.7. The van der Waals surface area contributed by atoms with Gasteiger partial charge in [0.05, 0.1) is 32.5 Å². The first kappa shape index (κ1) is 63.0. The van der Waals surface area contributed by atoms with Crippen molar-refractivity contribution in [3.63, 3.8) is 0 Å². The topological polar surface area (TPSA) is 348 Å². The third-order valence-corrected chi connectivity index (χ3v) is 21.3. The van der Waals surface area contributed by atoms with E-state index in [1.165, 1.54) is 13.0 Å². The van der Waals surface area contributed by atoms with E-state index in [4.69, 9.17) is 37.9 Å². The average Bonchev–Trinajstić information content (AvgIpc) is 3.41. The molecule has 454 valence electrons. The summed E-state index contributed by atoms with van der Waals surface area (Å²) in [6.45, 7) is 15.5. The van der Waals surface area contributed by atoms with E-state index in [1.54, 1.807) is 12.2 Å². The van der Waals surface area contributed by atoms with Crippen LogP contribution in [0.25, 0.3) is 0 Å². The second-order valence-electron chi connectivity index (χ2n) is 26.1. The van der Waals surface area contributed by atoms with Gasteiger partial charge in [0.15, 0.2) is 25.0 Å². The van der Waals surface area contributed by atoms with E-state index < -0.39 is 180 Å². The molecule has 3 heterocycles. The molecule has 0 aromatic carbocycles. The largest absolute Gasteiger partial charge is 0.481 e. The van der Waals surface area contributed by atoms with Crippen LogP contribution in [0, 0.1) is 56.2 Å². The lowest BCUT2D eigenvalue weighted by Crippen LogP contribution is -2.70. The lowest BCUT2D eigenvalue weighted by atomic mass is 9.33. The smallest absolute Gasteiger partial charge is 0.331 e. The van der Waals surface area contributed by atoms with Crippen molar-refractivity contribution in [3.05, 3.63) is 36.0 Å². The number of rotatable bonds is 16. The molecule has 0 spiro atoms. The molecule has 8 rings (SSSR count). The van der Waals surface area contributed by atoms with Gasteiger partial charge in [-0.15, -0.1) is 0 Å². The van der Waals surface area contributed by atoms with Gasteiger partial charge in [-0.2, -0.15) is 0 Å². The van der Waals surface area contributed by atoms with Crippen LogP contribution in [-0.4, -0.2) is 205 Å². The summed E-state index contributed by atoms with van der Waals surface area (Å²) < 4.78 is 48.8. The van der Waals surface area contributed by atoms with Crippen molar-refractivity contribution in [1.82, 2.24) is 0 Å². The van der Waals surface area contributed by atoms with Crippen LogP contribution >= 0.6 is 0 Å². The summed E-state index contributed by atoms with van der Waals surface area (Å²) in [4.78, 5) is 40.7. The predicted molar refractivity (Wildman–Crippen MR) is 280 cm³/mol. The monoisotopic (exact) mass is 1140 g/mol. The number of aliphatic hydroxyl groups is 10. The summed E-state index contributed by atoms with van der Waals surface area (Å²) in [5.74, 6) is -2.96. The summed E-state index contributed by atoms with van der Waals surface area (Å²) in [5.41, 5.74) is -3.89. The third kappa shape index (κ3) is 10.7. The molecule has 5 aliphatic carbocycles. The van der Waals surface area contributed by atoms with Gasteiger partial charge in [-0.3, -0.25) is 9.59 Å². The first-order valence-electron chi connectivity index (χ1n) is 28.7. The van der Waals surface area contributed by atoms with E-state index in [9.17, 15) is 70.6 Å². The Balaban J connectivity index is 1.08. The van der Waals surface area contributed by atoms with Gasteiger partial charge in [-0.05, 0) is 85.4 Å². The molecule has 11 N–H and O–H groups in total. The van der Waals surface area contributed by atoms with Gasteiger partial charge in [0.25, 0.3) is 0 Å². The highest BCUT2D eigenvalue weighted by Crippen LogP contribution is 2.76. The van der Waals surface area contributed by atoms with Crippen molar-refractivity contribution >= 4 is 17.9 Å². The van der Waals surface area contributed by atoms with Crippen LogP contribution in [0.2, 0.25) is 0 Å². The summed E-state index contributed by atoms with van der Waals surface area (Å²) in [7, 11) is 0. The van der Waals surface area contributed by atoms with Crippen LogP contribution in [0.15, 0.2) is 36.0 Å². The number of carbonyl (C=O) groups is 3. The molecule has 22 heteroatoms. The number of ether oxygens (including phenoxy) is 8. The quantitative estimate of drug-likeness (QED) is 0.0343. The number of fused-ring (bicyclic) bond motifs is 7. The molecule has 0 aromatic heterocycles. The zero-order valence-electron chi connectivity index (χ0n) is 47.6. The lowest BCUT2D eigenvalue weighted by molar-refractivity contribution is -0.393. The van der Waals surface area contributed by atoms with Crippen molar-refractivity contribution in [2.24, 2.45) is 56.2 Å².